The first-order valence-corrected chi connectivity index (χ1v) is 12.3. The molecule has 4 aromatic rings. The number of amides is 1. The maximum atomic E-state index is 13.9. The molecule has 35 heavy (non-hydrogen) atoms. The molecule has 0 fully saturated rings. The van der Waals surface area contributed by atoms with E-state index in [2.05, 4.69) is 16.4 Å². The zero-order valence-corrected chi connectivity index (χ0v) is 20.5. The van der Waals surface area contributed by atoms with Crippen LogP contribution in [0.5, 0.6) is 11.5 Å². The fourth-order valence-electron chi connectivity index (χ4n) is 3.40. The van der Waals surface area contributed by atoms with Gasteiger partial charge >= 0.3 is 0 Å². The van der Waals surface area contributed by atoms with E-state index in [-0.39, 0.29) is 11.4 Å². The van der Waals surface area contributed by atoms with Crippen molar-refractivity contribution in [1.82, 2.24) is 4.98 Å². The first-order chi connectivity index (χ1) is 17.0. The number of rotatable bonds is 8. The molecule has 9 heteroatoms. The SMILES string of the molecule is COc1ccc(-c2cc(-c3cccs3)nc(SCC(=O)Nc3ccccc3F)c2C#N)cc1OC. The number of aromatic nitrogens is 1. The van der Waals surface area contributed by atoms with Gasteiger partial charge in [0.1, 0.15) is 16.9 Å². The minimum absolute atomic E-state index is 0.0463. The molecule has 0 unspecified atom stereocenters. The topological polar surface area (TPSA) is 84.2 Å². The fourth-order valence-corrected chi connectivity index (χ4v) is 4.89. The number of carbonyl (C=O) groups is 1. The third-order valence-electron chi connectivity index (χ3n) is 5.05. The van der Waals surface area contributed by atoms with Crippen LogP contribution in [-0.4, -0.2) is 30.9 Å². The quantitative estimate of drug-likeness (QED) is 0.286. The molecule has 0 saturated heterocycles. The lowest BCUT2D eigenvalue weighted by Crippen LogP contribution is -2.15. The molecular weight excluding hydrogens is 485 g/mol. The number of thioether (sulfide) groups is 1. The molecule has 0 saturated carbocycles. The van der Waals surface area contributed by atoms with Crippen molar-refractivity contribution >= 4 is 34.7 Å². The largest absolute Gasteiger partial charge is 0.493 e. The zero-order valence-electron chi connectivity index (χ0n) is 18.9. The Labute approximate surface area is 210 Å². The van der Waals surface area contributed by atoms with Gasteiger partial charge in [-0.1, -0.05) is 36.0 Å². The van der Waals surface area contributed by atoms with E-state index in [0.717, 1.165) is 22.2 Å². The van der Waals surface area contributed by atoms with Crippen molar-refractivity contribution in [1.29, 1.82) is 5.26 Å². The van der Waals surface area contributed by atoms with Gasteiger partial charge in [0.2, 0.25) is 5.91 Å². The van der Waals surface area contributed by atoms with Gasteiger partial charge in [-0.15, -0.1) is 11.3 Å². The van der Waals surface area contributed by atoms with Crippen LogP contribution in [0.4, 0.5) is 10.1 Å². The highest BCUT2D eigenvalue weighted by Crippen LogP contribution is 2.38. The average Bonchev–Trinajstić information content (AvgIpc) is 3.43. The molecule has 0 atom stereocenters. The second-order valence-corrected chi connectivity index (χ2v) is 9.12. The van der Waals surface area contributed by atoms with Crippen LogP contribution in [0.2, 0.25) is 0 Å². The van der Waals surface area contributed by atoms with Gasteiger partial charge in [-0.05, 0) is 47.3 Å². The number of carbonyl (C=O) groups excluding carboxylic acids is 1. The third kappa shape index (κ3) is 5.45. The maximum Gasteiger partial charge on any atom is 0.234 e. The zero-order chi connectivity index (χ0) is 24.8. The van der Waals surface area contributed by atoms with Gasteiger partial charge < -0.3 is 14.8 Å². The van der Waals surface area contributed by atoms with Crippen LogP contribution in [0, 0.1) is 17.1 Å². The number of hydrogen-bond acceptors (Lipinski definition) is 7. The molecule has 0 spiro atoms. The van der Waals surface area contributed by atoms with E-state index in [4.69, 9.17) is 9.47 Å². The number of nitrogens with zero attached hydrogens (tertiary/aromatic N) is 2. The Morgan fingerprint density at radius 3 is 2.60 bits per heavy atom. The summed E-state index contributed by atoms with van der Waals surface area (Å²) in [5, 5.41) is 15.0. The first kappa shape index (κ1) is 24.3. The molecule has 2 heterocycles. The lowest BCUT2D eigenvalue weighted by atomic mass is 10.00. The number of nitriles is 1. The van der Waals surface area contributed by atoms with Crippen molar-refractivity contribution in [3.63, 3.8) is 0 Å². The molecule has 176 valence electrons. The Morgan fingerprint density at radius 1 is 1.11 bits per heavy atom. The number of nitrogens with one attached hydrogen (secondary N) is 1. The molecule has 2 aromatic heterocycles. The van der Waals surface area contributed by atoms with Crippen molar-refractivity contribution in [3.05, 3.63) is 77.4 Å². The highest BCUT2D eigenvalue weighted by atomic mass is 32.2. The van der Waals surface area contributed by atoms with E-state index in [1.807, 2.05) is 29.6 Å². The second-order valence-electron chi connectivity index (χ2n) is 7.21. The van der Waals surface area contributed by atoms with Gasteiger partial charge in [0, 0.05) is 5.56 Å². The van der Waals surface area contributed by atoms with Crippen LogP contribution in [0.25, 0.3) is 21.7 Å². The van der Waals surface area contributed by atoms with Crippen molar-refractivity contribution in [2.75, 3.05) is 25.3 Å². The summed E-state index contributed by atoms with van der Waals surface area (Å²) < 4.78 is 24.7. The van der Waals surface area contributed by atoms with E-state index < -0.39 is 11.7 Å². The van der Waals surface area contributed by atoms with Crippen molar-refractivity contribution in [3.8, 4) is 39.3 Å². The predicted molar refractivity (Wildman–Crippen MR) is 137 cm³/mol. The number of hydrogen-bond donors (Lipinski definition) is 1. The Hall–Kier alpha value is -3.87. The number of anilines is 1. The van der Waals surface area contributed by atoms with E-state index >= 15 is 0 Å². The molecule has 0 bridgehead atoms. The minimum Gasteiger partial charge on any atom is -0.493 e. The summed E-state index contributed by atoms with van der Waals surface area (Å²) in [6, 6.07) is 19.3. The lowest BCUT2D eigenvalue weighted by Gasteiger charge is -2.14. The van der Waals surface area contributed by atoms with Gasteiger partial charge in [-0.25, -0.2) is 9.37 Å². The lowest BCUT2D eigenvalue weighted by molar-refractivity contribution is -0.113. The van der Waals surface area contributed by atoms with E-state index in [1.54, 1.807) is 38.5 Å². The van der Waals surface area contributed by atoms with Crippen LogP contribution < -0.4 is 14.8 Å². The van der Waals surface area contributed by atoms with Crippen molar-refractivity contribution in [2.24, 2.45) is 0 Å². The number of halogens is 1. The number of ether oxygens (including phenoxy) is 2. The summed E-state index contributed by atoms with van der Waals surface area (Å²) in [5.74, 6) is 0.135. The smallest absolute Gasteiger partial charge is 0.234 e. The van der Waals surface area contributed by atoms with Gasteiger partial charge in [0.05, 0.1) is 41.8 Å². The molecule has 0 radical (unpaired) electrons. The van der Waals surface area contributed by atoms with Crippen molar-refractivity contribution < 1.29 is 18.7 Å². The first-order valence-electron chi connectivity index (χ1n) is 10.4. The molecule has 1 amide bonds. The Morgan fingerprint density at radius 2 is 1.91 bits per heavy atom. The number of methoxy groups -OCH3 is 2. The van der Waals surface area contributed by atoms with Gasteiger partial charge in [0.25, 0.3) is 0 Å². The molecule has 4 rings (SSSR count). The number of thiophene rings is 1. The summed E-state index contributed by atoms with van der Waals surface area (Å²) >= 11 is 2.65. The maximum absolute atomic E-state index is 13.9. The monoisotopic (exact) mass is 505 g/mol. The Balaban J connectivity index is 1.71. The molecular formula is C26H20FN3O3S2. The summed E-state index contributed by atoms with van der Waals surface area (Å²) in [5.41, 5.74) is 2.52. The van der Waals surface area contributed by atoms with Crippen LogP contribution >= 0.6 is 23.1 Å². The highest BCUT2D eigenvalue weighted by molar-refractivity contribution is 8.00. The summed E-state index contributed by atoms with van der Waals surface area (Å²) in [6.07, 6.45) is 0. The van der Waals surface area contributed by atoms with Gasteiger partial charge in [-0.2, -0.15) is 5.26 Å². The van der Waals surface area contributed by atoms with Gasteiger partial charge in [0.15, 0.2) is 11.5 Å². The fraction of sp³-hybridized carbons (Fsp3) is 0.115. The van der Waals surface area contributed by atoms with Crippen molar-refractivity contribution in [2.45, 2.75) is 5.03 Å². The third-order valence-corrected chi connectivity index (χ3v) is 6.92. The summed E-state index contributed by atoms with van der Waals surface area (Å²) in [4.78, 5) is 18.1. The molecule has 0 aliphatic heterocycles. The standard InChI is InChI=1S/C26H20FN3O3S2/c1-32-22-10-9-16(12-23(22)33-2)17-13-21(24-8-5-11-34-24)30-26(18(17)14-28)35-15-25(31)29-20-7-4-3-6-19(20)27/h3-13H,15H2,1-2H3,(H,29,31). The molecule has 0 aliphatic rings. The molecule has 0 aliphatic carbocycles. The normalized spacial score (nSPS) is 10.5. The van der Waals surface area contributed by atoms with Crippen LogP contribution in [-0.2, 0) is 4.79 Å². The molecule has 1 N–H and O–H groups in total. The number of pyridine rings is 1. The van der Waals surface area contributed by atoms with E-state index in [9.17, 15) is 14.4 Å². The van der Waals surface area contributed by atoms with Crippen LogP contribution in [0.3, 0.4) is 0 Å². The van der Waals surface area contributed by atoms with Crippen LogP contribution in [0.15, 0.2) is 71.1 Å². The minimum atomic E-state index is -0.517. The average molecular weight is 506 g/mol. The number of benzene rings is 2. The second kappa shape index (κ2) is 11.0. The van der Waals surface area contributed by atoms with E-state index in [1.165, 1.54) is 23.5 Å². The highest BCUT2D eigenvalue weighted by Gasteiger charge is 2.19. The number of para-hydroxylation sites is 1. The Kier molecular flexibility index (Phi) is 7.65. The molecule has 6 nitrogen and oxygen atoms in total. The van der Waals surface area contributed by atoms with Crippen LogP contribution in [0.1, 0.15) is 5.56 Å². The predicted octanol–water partition coefficient (Wildman–Crippen LogP) is 6.24. The summed E-state index contributed by atoms with van der Waals surface area (Å²) in [6.45, 7) is 0. The van der Waals surface area contributed by atoms with E-state index in [0.29, 0.717) is 33.3 Å². The Bertz CT molecular complexity index is 1400. The van der Waals surface area contributed by atoms with Gasteiger partial charge in [-0.3, -0.25) is 4.79 Å². The summed E-state index contributed by atoms with van der Waals surface area (Å²) in [7, 11) is 3.10. The molecule has 2 aromatic carbocycles.